The number of carboxylic acid groups (broad SMARTS) is 1. The van der Waals surface area contributed by atoms with E-state index < -0.39 is 5.97 Å². The van der Waals surface area contributed by atoms with Gasteiger partial charge in [-0.1, -0.05) is 11.6 Å². The van der Waals surface area contributed by atoms with Gasteiger partial charge in [0.05, 0.1) is 18.1 Å². The molecule has 2 N–H and O–H groups in total. The van der Waals surface area contributed by atoms with Gasteiger partial charge in [-0.2, -0.15) is 0 Å². The van der Waals surface area contributed by atoms with Crippen molar-refractivity contribution < 1.29 is 19.4 Å². The topological polar surface area (TPSA) is 75.6 Å². The van der Waals surface area contributed by atoms with Gasteiger partial charge >= 0.3 is 5.97 Å². The van der Waals surface area contributed by atoms with Crippen LogP contribution in [0.2, 0.25) is 5.02 Å². The Balaban J connectivity index is 1.95. The van der Waals surface area contributed by atoms with Crippen LogP contribution >= 0.6 is 11.6 Å². The first kappa shape index (κ1) is 15.6. The summed E-state index contributed by atoms with van der Waals surface area (Å²) in [5, 5.41) is 12.3. The second kappa shape index (κ2) is 6.80. The van der Waals surface area contributed by atoms with Crippen LogP contribution in [0, 0.1) is 11.8 Å². The van der Waals surface area contributed by atoms with Gasteiger partial charge in [0.25, 0.3) is 0 Å². The van der Waals surface area contributed by atoms with E-state index in [-0.39, 0.29) is 17.7 Å². The van der Waals surface area contributed by atoms with Crippen LogP contribution in [-0.4, -0.2) is 24.1 Å². The fraction of sp³-hybridized carbons (Fsp3) is 0.467. The van der Waals surface area contributed by atoms with Gasteiger partial charge < -0.3 is 15.2 Å². The second-order valence-electron chi connectivity index (χ2n) is 5.23. The highest BCUT2D eigenvalue weighted by Crippen LogP contribution is 2.31. The van der Waals surface area contributed by atoms with Crippen LogP contribution in [0.15, 0.2) is 18.2 Å². The third kappa shape index (κ3) is 3.88. The Morgan fingerprint density at radius 3 is 2.43 bits per heavy atom. The number of methoxy groups -OCH3 is 1. The molecule has 1 aliphatic carbocycles. The number of hydrogen-bond donors (Lipinski definition) is 2. The highest BCUT2D eigenvalue weighted by atomic mass is 35.5. The van der Waals surface area contributed by atoms with Crippen LogP contribution in [-0.2, 0) is 9.59 Å². The first-order chi connectivity index (χ1) is 10.0. The number of ether oxygens (including phenoxy) is 1. The van der Waals surface area contributed by atoms with Gasteiger partial charge in [-0.15, -0.1) is 0 Å². The van der Waals surface area contributed by atoms with Crippen LogP contribution in [0.5, 0.6) is 5.75 Å². The molecule has 0 atom stereocenters. The molecular weight excluding hydrogens is 294 g/mol. The van der Waals surface area contributed by atoms with Crippen molar-refractivity contribution in [1.29, 1.82) is 0 Å². The number of hydrogen-bond acceptors (Lipinski definition) is 3. The molecule has 21 heavy (non-hydrogen) atoms. The summed E-state index contributed by atoms with van der Waals surface area (Å²) in [6.45, 7) is 0. The molecule has 0 radical (unpaired) electrons. The summed E-state index contributed by atoms with van der Waals surface area (Å²) in [5.41, 5.74) is 0.626. The lowest BCUT2D eigenvalue weighted by Gasteiger charge is -2.25. The van der Waals surface area contributed by atoms with E-state index in [0.29, 0.717) is 42.1 Å². The number of aliphatic carboxylic acids is 1. The fourth-order valence-electron chi connectivity index (χ4n) is 2.58. The van der Waals surface area contributed by atoms with Gasteiger partial charge in [0.2, 0.25) is 5.91 Å². The first-order valence-electron chi connectivity index (χ1n) is 6.88. The molecule has 6 heteroatoms. The average molecular weight is 312 g/mol. The van der Waals surface area contributed by atoms with E-state index in [1.807, 2.05) is 0 Å². The summed E-state index contributed by atoms with van der Waals surface area (Å²) < 4.78 is 5.10. The van der Waals surface area contributed by atoms with E-state index in [9.17, 15) is 9.59 Å². The highest BCUT2D eigenvalue weighted by molar-refractivity contribution is 6.32. The molecule has 0 bridgehead atoms. The Bertz CT molecular complexity index is 538. The fourth-order valence-corrected chi connectivity index (χ4v) is 2.78. The SMILES string of the molecule is COc1cc(NC(=O)C2CCC(C(=O)O)CC2)ccc1Cl. The predicted octanol–water partition coefficient (Wildman–Crippen LogP) is 3.18. The number of halogens is 1. The minimum atomic E-state index is -0.767. The van der Waals surface area contributed by atoms with Crippen molar-refractivity contribution in [3.63, 3.8) is 0 Å². The minimum Gasteiger partial charge on any atom is -0.495 e. The number of carbonyl (C=O) groups is 2. The summed E-state index contributed by atoms with van der Waals surface area (Å²) >= 11 is 5.93. The number of nitrogens with one attached hydrogen (secondary N) is 1. The van der Waals surface area contributed by atoms with E-state index in [0.717, 1.165) is 0 Å². The molecule has 1 saturated carbocycles. The Labute approximate surface area is 128 Å². The Morgan fingerprint density at radius 2 is 1.86 bits per heavy atom. The lowest BCUT2D eigenvalue weighted by Crippen LogP contribution is -2.29. The maximum atomic E-state index is 12.2. The molecule has 0 spiro atoms. The molecular formula is C15H18ClNO4. The molecule has 0 heterocycles. The highest BCUT2D eigenvalue weighted by Gasteiger charge is 2.29. The zero-order valence-corrected chi connectivity index (χ0v) is 12.5. The second-order valence-corrected chi connectivity index (χ2v) is 5.63. The zero-order valence-electron chi connectivity index (χ0n) is 11.8. The average Bonchev–Trinajstić information content (AvgIpc) is 2.49. The van der Waals surface area contributed by atoms with Crippen molar-refractivity contribution in [2.45, 2.75) is 25.7 Å². The molecule has 114 valence electrons. The van der Waals surface area contributed by atoms with Crippen LogP contribution in [0.4, 0.5) is 5.69 Å². The van der Waals surface area contributed by atoms with Crippen LogP contribution < -0.4 is 10.1 Å². The van der Waals surface area contributed by atoms with Gasteiger partial charge in [0.15, 0.2) is 0 Å². The molecule has 0 aromatic heterocycles. The summed E-state index contributed by atoms with van der Waals surface area (Å²) in [6.07, 6.45) is 2.32. The van der Waals surface area contributed by atoms with Crippen molar-refractivity contribution in [2.75, 3.05) is 12.4 Å². The van der Waals surface area contributed by atoms with Crippen LogP contribution in [0.3, 0.4) is 0 Å². The van der Waals surface area contributed by atoms with Crippen molar-refractivity contribution in [3.05, 3.63) is 23.2 Å². The van der Waals surface area contributed by atoms with Gasteiger partial charge in [-0.25, -0.2) is 0 Å². The molecule has 1 aromatic carbocycles. The van der Waals surface area contributed by atoms with E-state index in [4.69, 9.17) is 21.4 Å². The summed E-state index contributed by atoms with van der Waals surface area (Å²) in [6, 6.07) is 5.05. The molecule has 2 rings (SSSR count). The van der Waals surface area contributed by atoms with Crippen molar-refractivity contribution in [3.8, 4) is 5.75 Å². The number of benzene rings is 1. The molecule has 0 saturated heterocycles. The van der Waals surface area contributed by atoms with Crippen molar-refractivity contribution in [2.24, 2.45) is 11.8 Å². The number of rotatable bonds is 4. The van der Waals surface area contributed by atoms with E-state index in [1.165, 1.54) is 7.11 Å². The van der Waals surface area contributed by atoms with Gasteiger partial charge in [-0.05, 0) is 37.8 Å². The lowest BCUT2D eigenvalue weighted by molar-refractivity contribution is -0.143. The quantitative estimate of drug-likeness (QED) is 0.895. The predicted molar refractivity (Wildman–Crippen MR) is 79.7 cm³/mol. The van der Waals surface area contributed by atoms with Crippen LogP contribution in [0.25, 0.3) is 0 Å². The standard InChI is InChI=1S/C15H18ClNO4/c1-21-13-8-11(6-7-12(13)16)17-14(18)9-2-4-10(5-3-9)15(19)20/h6-10H,2-5H2,1H3,(H,17,18)(H,19,20). The Hall–Kier alpha value is -1.75. The third-order valence-corrected chi connectivity index (χ3v) is 4.18. The smallest absolute Gasteiger partial charge is 0.306 e. The monoisotopic (exact) mass is 311 g/mol. The number of carbonyl (C=O) groups excluding carboxylic acids is 1. The molecule has 1 fully saturated rings. The van der Waals surface area contributed by atoms with E-state index >= 15 is 0 Å². The number of amides is 1. The Morgan fingerprint density at radius 1 is 1.24 bits per heavy atom. The summed E-state index contributed by atoms with van der Waals surface area (Å²) in [4.78, 5) is 23.1. The summed E-state index contributed by atoms with van der Waals surface area (Å²) in [5.74, 6) is -0.796. The Kier molecular flexibility index (Phi) is 5.07. The van der Waals surface area contributed by atoms with Gasteiger partial charge in [0, 0.05) is 17.7 Å². The lowest BCUT2D eigenvalue weighted by atomic mass is 9.81. The number of anilines is 1. The first-order valence-corrected chi connectivity index (χ1v) is 7.26. The summed E-state index contributed by atoms with van der Waals surface area (Å²) in [7, 11) is 1.51. The zero-order chi connectivity index (χ0) is 15.4. The molecule has 1 aliphatic rings. The molecule has 0 unspecified atom stereocenters. The van der Waals surface area contributed by atoms with Gasteiger partial charge in [0.1, 0.15) is 5.75 Å². The van der Waals surface area contributed by atoms with E-state index in [2.05, 4.69) is 5.32 Å². The molecule has 0 aliphatic heterocycles. The molecule has 1 amide bonds. The van der Waals surface area contributed by atoms with Crippen molar-refractivity contribution in [1.82, 2.24) is 0 Å². The number of carboxylic acids is 1. The maximum absolute atomic E-state index is 12.2. The normalized spacial score (nSPS) is 21.6. The largest absolute Gasteiger partial charge is 0.495 e. The maximum Gasteiger partial charge on any atom is 0.306 e. The van der Waals surface area contributed by atoms with Crippen LogP contribution in [0.1, 0.15) is 25.7 Å². The molecule has 5 nitrogen and oxygen atoms in total. The third-order valence-electron chi connectivity index (χ3n) is 3.87. The van der Waals surface area contributed by atoms with E-state index in [1.54, 1.807) is 18.2 Å². The minimum absolute atomic E-state index is 0.0804. The molecule has 1 aromatic rings. The van der Waals surface area contributed by atoms with Crippen molar-refractivity contribution >= 4 is 29.2 Å². The van der Waals surface area contributed by atoms with Gasteiger partial charge in [-0.3, -0.25) is 9.59 Å².